The molecular weight excluding hydrogens is 370 g/mol. The Morgan fingerprint density at radius 2 is 2.05 bits per heavy atom. The van der Waals surface area contributed by atoms with Crippen LogP contribution in [0.15, 0.2) is 38.4 Å². The molecule has 1 aromatic carbocycles. The lowest BCUT2D eigenvalue weighted by atomic mass is 10.2. The van der Waals surface area contributed by atoms with Crippen LogP contribution < -0.4 is 0 Å². The minimum atomic E-state index is -0.884. The molecule has 1 aromatic heterocycles. The zero-order valence-electron chi connectivity index (χ0n) is 12.2. The van der Waals surface area contributed by atoms with Crippen LogP contribution in [0.1, 0.15) is 6.92 Å². The molecule has 0 fully saturated rings. The lowest BCUT2D eigenvalue weighted by Crippen LogP contribution is -2.35. The van der Waals surface area contributed by atoms with Gasteiger partial charge in [0.2, 0.25) is 11.8 Å². The Balaban J connectivity index is 2.20. The number of halogens is 1. The highest BCUT2D eigenvalue weighted by molar-refractivity contribution is 9.10. The van der Waals surface area contributed by atoms with Crippen molar-refractivity contribution in [3.05, 3.63) is 28.7 Å². The number of amides is 1. The van der Waals surface area contributed by atoms with E-state index in [-0.39, 0.29) is 16.9 Å². The predicted octanol–water partition coefficient (Wildman–Crippen LogP) is 2.64. The van der Waals surface area contributed by atoms with Gasteiger partial charge in [0.15, 0.2) is 11.0 Å². The number of hydrogen-bond acceptors (Lipinski definition) is 6. The number of benzene rings is 1. The highest BCUT2D eigenvalue weighted by Crippen LogP contribution is 2.28. The average molecular weight is 384 g/mol. The van der Waals surface area contributed by atoms with Crippen LogP contribution in [0, 0.1) is 0 Å². The second kappa shape index (κ2) is 7.06. The summed E-state index contributed by atoms with van der Waals surface area (Å²) >= 11 is 4.33. The summed E-state index contributed by atoms with van der Waals surface area (Å²) in [6, 6.07) is 7.41. The highest BCUT2D eigenvalue weighted by atomic mass is 79.9. The first-order chi connectivity index (χ1) is 10.4. The predicted molar refractivity (Wildman–Crippen MR) is 86.5 cm³/mol. The van der Waals surface area contributed by atoms with E-state index in [1.165, 1.54) is 11.8 Å². The van der Waals surface area contributed by atoms with Gasteiger partial charge < -0.3 is 9.32 Å². The normalized spacial score (nSPS) is 12.0. The molecular formula is C14H14BrN3O3S. The summed E-state index contributed by atoms with van der Waals surface area (Å²) in [5.74, 6) is -0.228. The van der Waals surface area contributed by atoms with Gasteiger partial charge in [0, 0.05) is 24.1 Å². The smallest absolute Gasteiger partial charge is 0.278 e. The zero-order chi connectivity index (χ0) is 16.3. The van der Waals surface area contributed by atoms with E-state index in [1.54, 1.807) is 14.1 Å². The van der Waals surface area contributed by atoms with Crippen molar-refractivity contribution < 1.29 is 14.0 Å². The maximum Gasteiger partial charge on any atom is 0.278 e. The van der Waals surface area contributed by atoms with E-state index in [1.807, 2.05) is 24.3 Å². The fourth-order valence-electron chi connectivity index (χ4n) is 1.64. The molecule has 1 heterocycles. The minimum Gasteiger partial charge on any atom is -0.411 e. The van der Waals surface area contributed by atoms with Crippen LogP contribution in [-0.4, -0.2) is 46.1 Å². The Kier molecular flexibility index (Phi) is 5.36. The van der Waals surface area contributed by atoms with Crippen molar-refractivity contribution >= 4 is 39.4 Å². The summed E-state index contributed by atoms with van der Waals surface area (Å²) in [5.41, 5.74) is 0.757. The fourth-order valence-corrected chi connectivity index (χ4v) is 2.93. The first kappa shape index (κ1) is 16.7. The molecule has 0 bridgehead atoms. The minimum absolute atomic E-state index is 0.186. The van der Waals surface area contributed by atoms with Crippen LogP contribution in [0.4, 0.5) is 0 Å². The summed E-state index contributed by atoms with van der Waals surface area (Å²) in [6.07, 6.45) is 0. The van der Waals surface area contributed by atoms with Crippen LogP contribution in [0.2, 0.25) is 0 Å². The second-order valence-corrected chi connectivity index (χ2v) is 6.70. The number of rotatable bonds is 5. The van der Waals surface area contributed by atoms with Gasteiger partial charge in [0.1, 0.15) is 0 Å². The molecule has 1 amide bonds. The number of aromatic nitrogens is 2. The molecule has 0 N–H and O–H groups in total. The van der Waals surface area contributed by atoms with Crippen molar-refractivity contribution in [2.24, 2.45) is 0 Å². The quantitative estimate of drug-likeness (QED) is 0.583. The molecule has 8 heteroatoms. The number of carbonyl (C=O) groups is 2. The van der Waals surface area contributed by atoms with Crippen molar-refractivity contribution in [1.29, 1.82) is 0 Å². The maximum absolute atomic E-state index is 12.0. The molecule has 0 aliphatic carbocycles. The van der Waals surface area contributed by atoms with Gasteiger partial charge in [-0.25, -0.2) is 0 Å². The number of carbonyl (C=O) groups excluding carboxylic acids is 2. The molecule has 0 aliphatic rings. The van der Waals surface area contributed by atoms with Crippen LogP contribution in [0.5, 0.6) is 0 Å². The van der Waals surface area contributed by atoms with Gasteiger partial charge in [0.25, 0.3) is 5.22 Å². The number of thioether (sulfide) groups is 1. The van der Waals surface area contributed by atoms with Crippen LogP contribution in [0.25, 0.3) is 11.5 Å². The molecule has 22 heavy (non-hydrogen) atoms. The van der Waals surface area contributed by atoms with E-state index in [0.29, 0.717) is 5.89 Å². The van der Waals surface area contributed by atoms with Crippen LogP contribution in [-0.2, 0) is 9.59 Å². The van der Waals surface area contributed by atoms with E-state index >= 15 is 0 Å². The molecule has 0 radical (unpaired) electrons. The van der Waals surface area contributed by atoms with E-state index in [9.17, 15) is 9.59 Å². The first-order valence-electron chi connectivity index (χ1n) is 6.36. The molecule has 0 saturated carbocycles. The SMILES string of the molecule is CC(=O)[C@@H](Sc1nnc(-c2cccc(Br)c2)o1)C(=O)N(C)C. The Bertz CT molecular complexity index is 702. The molecule has 0 saturated heterocycles. The maximum atomic E-state index is 12.0. The van der Waals surface area contributed by atoms with Crippen molar-refractivity contribution in [2.75, 3.05) is 14.1 Å². The molecule has 2 rings (SSSR count). The van der Waals surface area contributed by atoms with Crippen molar-refractivity contribution in [3.8, 4) is 11.5 Å². The molecule has 0 unspecified atom stereocenters. The lowest BCUT2D eigenvalue weighted by Gasteiger charge is -2.15. The third-order valence-corrected chi connectivity index (χ3v) is 4.36. The number of ketones is 1. The Hall–Kier alpha value is -1.67. The highest BCUT2D eigenvalue weighted by Gasteiger charge is 2.28. The average Bonchev–Trinajstić information content (AvgIpc) is 2.92. The molecule has 0 spiro atoms. The number of Topliss-reactive ketones (excluding diaryl/α,β-unsaturated/α-hetero) is 1. The van der Waals surface area contributed by atoms with Gasteiger partial charge >= 0.3 is 0 Å². The van der Waals surface area contributed by atoms with Gasteiger partial charge in [-0.2, -0.15) is 0 Å². The molecule has 2 aromatic rings. The summed E-state index contributed by atoms with van der Waals surface area (Å²) in [7, 11) is 3.19. The zero-order valence-corrected chi connectivity index (χ0v) is 14.6. The monoisotopic (exact) mass is 383 g/mol. The Morgan fingerprint density at radius 1 is 1.32 bits per heavy atom. The van der Waals surface area contributed by atoms with Gasteiger partial charge in [-0.3, -0.25) is 9.59 Å². The molecule has 6 nitrogen and oxygen atoms in total. The molecule has 1 atom stereocenters. The van der Waals surface area contributed by atoms with E-state index in [2.05, 4.69) is 26.1 Å². The third kappa shape index (κ3) is 3.95. The molecule has 0 aliphatic heterocycles. The Labute approximate surface area is 140 Å². The van der Waals surface area contributed by atoms with Gasteiger partial charge in [-0.15, -0.1) is 10.2 Å². The summed E-state index contributed by atoms with van der Waals surface area (Å²) in [6.45, 7) is 1.37. The van der Waals surface area contributed by atoms with Crippen molar-refractivity contribution in [3.63, 3.8) is 0 Å². The van der Waals surface area contributed by atoms with Gasteiger partial charge in [0.05, 0.1) is 0 Å². The Morgan fingerprint density at radius 3 is 2.64 bits per heavy atom. The summed E-state index contributed by atoms with van der Waals surface area (Å²) in [4.78, 5) is 25.0. The fraction of sp³-hybridized carbons (Fsp3) is 0.286. The standard InChI is InChI=1S/C14H14BrN3O3S/c1-8(19)11(13(20)18(2)3)22-14-17-16-12(21-14)9-5-4-6-10(15)7-9/h4-7,11H,1-3H3/t11-/m1/s1. The van der Waals surface area contributed by atoms with Crippen LogP contribution in [0.3, 0.4) is 0 Å². The number of hydrogen-bond donors (Lipinski definition) is 0. The van der Waals surface area contributed by atoms with E-state index in [0.717, 1.165) is 21.8 Å². The summed E-state index contributed by atoms with van der Waals surface area (Å²) in [5, 5.41) is 7.15. The van der Waals surface area contributed by atoms with Gasteiger partial charge in [-0.1, -0.05) is 22.0 Å². The van der Waals surface area contributed by atoms with Gasteiger partial charge in [-0.05, 0) is 36.9 Å². The van der Waals surface area contributed by atoms with E-state index < -0.39 is 5.25 Å². The van der Waals surface area contributed by atoms with E-state index in [4.69, 9.17) is 4.42 Å². The second-order valence-electron chi connectivity index (χ2n) is 4.72. The molecule has 116 valence electrons. The van der Waals surface area contributed by atoms with Crippen molar-refractivity contribution in [2.45, 2.75) is 17.4 Å². The summed E-state index contributed by atoms with van der Waals surface area (Å²) < 4.78 is 6.42. The van der Waals surface area contributed by atoms with Crippen LogP contribution >= 0.6 is 27.7 Å². The number of nitrogens with zero attached hydrogens (tertiary/aromatic N) is 3. The third-order valence-electron chi connectivity index (χ3n) is 2.73. The van der Waals surface area contributed by atoms with Crippen molar-refractivity contribution in [1.82, 2.24) is 15.1 Å². The largest absolute Gasteiger partial charge is 0.411 e. The topological polar surface area (TPSA) is 76.3 Å². The lowest BCUT2D eigenvalue weighted by molar-refractivity contribution is -0.132. The first-order valence-corrected chi connectivity index (χ1v) is 8.03.